The Morgan fingerprint density at radius 1 is 1.45 bits per heavy atom. The molecule has 1 aromatic heterocycles. The van der Waals surface area contributed by atoms with Crippen LogP contribution in [0.1, 0.15) is 17.3 Å². The second-order valence-corrected chi connectivity index (χ2v) is 5.01. The average molecular weight is 270 g/mol. The number of anilines is 1. The van der Waals surface area contributed by atoms with E-state index >= 15 is 0 Å². The Kier molecular flexibility index (Phi) is 3.28. The summed E-state index contributed by atoms with van der Waals surface area (Å²) in [6, 6.07) is 9.86. The van der Waals surface area contributed by atoms with Gasteiger partial charge >= 0.3 is 0 Å². The molecule has 1 aliphatic rings. The number of likely N-dealkylation sites (N-methyl/N-ethyl adjacent to an activating group) is 1. The second kappa shape index (κ2) is 5.09. The molecular weight excluding hydrogens is 252 g/mol. The number of benzene rings is 1. The average Bonchev–Trinajstić information content (AvgIpc) is 2.41. The molecule has 0 atom stereocenters. The Morgan fingerprint density at radius 3 is 2.80 bits per heavy atom. The zero-order chi connectivity index (χ0) is 14.1. The predicted octanol–water partition coefficient (Wildman–Crippen LogP) is 1.13. The van der Waals surface area contributed by atoms with Crippen molar-refractivity contribution in [2.24, 2.45) is 5.73 Å². The molecule has 1 aromatic carbocycles. The third-order valence-electron chi connectivity index (χ3n) is 3.80. The molecule has 0 radical (unpaired) electrons. The van der Waals surface area contributed by atoms with Crippen LogP contribution >= 0.6 is 0 Å². The molecule has 2 heterocycles. The smallest absolute Gasteiger partial charge is 0.249 e. The summed E-state index contributed by atoms with van der Waals surface area (Å²) in [6.45, 7) is 4.86. The van der Waals surface area contributed by atoms with E-state index < -0.39 is 5.91 Å². The molecule has 0 aliphatic carbocycles. The summed E-state index contributed by atoms with van der Waals surface area (Å²) in [6.07, 6.45) is 0. The van der Waals surface area contributed by atoms with E-state index in [1.165, 1.54) is 0 Å². The highest BCUT2D eigenvalue weighted by atomic mass is 16.1. The lowest BCUT2D eigenvalue weighted by atomic mass is 10.1. The molecule has 104 valence electrons. The maximum atomic E-state index is 11.7. The first-order valence-electron chi connectivity index (χ1n) is 6.87. The van der Waals surface area contributed by atoms with Crippen LogP contribution in [0.3, 0.4) is 0 Å². The summed E-state index contributed by atoms with van der Waals surface area (Å²) in [5.74, 6) is 0.416. The van der Waals surface area contributed by atoms with E-state index in [1.807, 2.05) is 30.3 Å². The van der Waals surface area contributed by atoms with Crippen LogP contribution < -0.4 is 16.0 Å². The molecule has 5 nitrogen and oxygen atoms in total. The van der Waals surface area contributed by atoms with Gasteiger partial charge in [-0.1, -0.05) is 18.2 Å². The molecule has 0 bridgehead atoms. The monoisotopic (exact) mass is 270 g/mol. The lowest BCUT2D eigenvalue weighted by molar-refractivity contribution is 0.100. The number of hydrogen-bond donors (Lipinski definition) is 2. The van der Waals surface area contributed by atoms with Gasteiger partial charge in [0.05, 0.1) is 17.1 Å². The third kappa shape index (κ3) is 2.10. The summed E-state index contributed by atoms with van der Waals surface area (Å²) >= 11 is 0. The molecule has 20 heavy (non-hydrogen) atoms. The van der Waals surface area contributed by atoms with Crippen molar-refractivity contribution in [2.75, 3.05) is 24.5 Å². The number of amides is 1. The maximum absolute atomic E-state index is 11.7. The van der Waals surface area contributed by atoms with Gasteiger partial charge in [0.15, 0.2) is 0 Å². The number of para-hydroxylation sites is 1. The molecule has 2 aromatic rings. The maximum Gasteiger partial charge on any atom is 0.249 e. The van der Waals surface area contributed by atoms with Crippen LogP contribution in [0.5, 0.6) is 0 Å². The highest BCUT2D eigenvalue weighted by Gasteiger charge is 2.25. The normalized spacial score (nSPS) is 15.1. The second-order valence-electron chi connectivity index (χ2n) is 5.01. The van der Waals surface area contributed by atoms with Crippen LogP contribution in [0.2, 0.25) is 0 Å². The number of hydrogen-bond acceptors (Lipinski definition) is 4. The number of nitrogens with two attached hydrogens (primary N) is 1. The zero-order valence-electron chi connectivity index (χ0n) is 11.5. The first kappa shape index (κ1) is 12.9. The predicted molar refractivity (Wildman–Crippen MR) is 79.9 cm³/mol. The quantitative estimate of drug-likeness (QED) is 0.873. The van der Waals surface area contributed by atoms with Gasteiger partial charge in [0.25, 0.3) is 0 Å². The lowest BCUT2D eigenvalue weighted by Gasteiger charge is -2.38. The van der Waals surface area contributed by atoms with E-state index in [-0.39, 0.29) is 0 Å². The van der Waals surface area contributed by atoms with Gasteiger partial charge in [0.1, 0.15) is 5.82 Å². The van der Waals surface area contributed by atoms with Crippen molar-refractivity contribution < 1.29 is 4.79 Å². The van der Waals surface area contributed by atoms with Gasteiger partial charge in [-0.15, -0.1) is 0 Å². The fourth-order valence-electron chi connectivity index (χ4n) is 2.61. The number of aromatic nitrogens is 1. The van der Waals surface area contributed by atoms with Crippen LogP contribution in [0, 0.1) is 0 Å². The van der Waals surface area contributed by atoms with Crippen molar-refractivity contribution in [3.63, 3.8) is 0 Å². The number of pyridine rings is 1. The molecule has 1 saturated heterocycles. The zero-order valence-corrected chi connectivity index (χ0v) is 11.5. The van der Waals surface area contributed by atoms with Crippen molar-refractivity contribution in [3.05, 3.63) is 35.9 Å². The van der Waals surface area contributed by atoms with E-state index in [0.717, 1.165) is 36.4 Å². The van der Waals surface area contributed by atoms with Gasteiger partial charge < -0.3 is 16.0 Å². The van der Waals surface area contributed by atoms with E-state index in [2.05, 4.69) is 22.1 Å². The molecule has 1 fully saturated rings. The molecule has 5 heteroatoms. The van der Waals surface area contributed by atoms with Crippen LogP contribution in [-0.2, 0) is 0 Å². The minimum absolute atomic E-state index is 0.410. The summed E-state index contributed by atoms with van der Waals surface area (Å²) in [7, 11) is 0. The first-order valence-corrected chi connectivity index (χ1v) is 6.87. The highest BCUT2D eigenvalue weighted by molar-refractivity contribution is 6.06. The van der Waals surface area contributed by atoms with Crippen LogP contribution in [0.15, 0.2) is 30.3 Å². The standard InChI is InChI=1S/C15H18N4O/c1-2-19(10-8-17-9-10)14-7-12(15(16)20)11-5-3-4-6-13(11)18-14/h3-7,10,17H,2,8-9H2,1H3,(H2,16,20). The fourth-order valence-corrected chi connectivity index (χ4v) is 2.61. The fraction of sp³-hybridized carbons (Fsp3) is 0.333. The molecule has 3 N–H and O–H groups in total. The van der Waals surface area contributed by atoms with E-state index in [1.54, 1.807) is 0 Å². The molecule has 3 rings (SSSR count). The van der Waals surface area contributed by atoms with E-state index in [9.17, 15) is 4.79 Å². The minimum Gasteiger partial charge on any atom is -0.366 e. The van der Waals surface area contributed by atoms with Crippen LogP contribution in [0.4, 0.5) is 5.82 Å². The Bertz CT molecular complexity index is 651. The summed E-state index contributed by atoms with van der Waals surface area (Å²) < 4.78 is 0. The Labute approximate surface area is 117 Å². The van der Waals surface area contributed by atoms with Gasteiger partial charge in [-0.05, 0) is 19.1 Å². The molecule has 0 unspecified atom stereocenters. The lowest BCUT2D eigenvalue weighted by Crippen LogP contribution is -2.57. The third-order valence-corrected chi connectivity index (χ3v) is 3.80. The Hall–Kier alpha value is -2.14. The number of primary amides is 1. The van der Waals surface area contributed by atoms with E-state index in [0.29, 0.717) is 11.6 Å². The number of nitrogens with zero attached hydrogens (tertiary/aromatic N) is 2. The summed E-state index contributed by atoms with van der Waals surface area (Å²) in [5, 5.41) is 4.07. The molecule has 1 amide bonds. The van der Waals surface area contributed by atoms with Gasteiger partial charge in [-0.25, -0.2) is 4.98 Å². The van der Waals surface area contributed by atoms with Gasteiger partial charge in [0.2, 0.25) is 5.91 Å². The minimum atomic E-state index is -0.410. The van der Waals surface area contributed by atoms with Gasteiger partial charge in [-0.3, -0.25) is 4.79 Å². The Morgan fingerprint density at radius 2 is 2.20 bits per heavy atom. The molecular formula is C15H18N4O. The van der Waals surface area contributed by atoms with Crippen LogP contribution in [-0.4, -0.2) is 36.6 Å². The number of fused-ring (bicyclic) bond motifs is 1. The number of carbonyl (C=O) groups excluding carboxylic acids is 1. The Balaban J connectivity index is 2.13. The van der Waals surface area contributed by atoms with E-state index in [4.69, 9.17) is 5.73 Å². The van der Waals surface area contributed by atoms with Gasteiger partial charge in [-0.2, -0.15) is 0 Å². The van der Waals surface area contributed by atoms with Crippen molar-refractivity contribution in [1.82, 2.24) is 10.3 Å². The van der Waals surface area contributed by atoms with Crippen LogP contribution in [0.25, 0.3) is 10.9 Å². The van der Waals surface area contributed by atoms with Gasteiger partial charge in [0, 0.05) is 25.0 Å². The largest absolute Gasteiger partial charge is 0.366 e. The van der Waals surface area contributed by atoms with Crippen molar-refractivity contribution >= 4 is 22.6 Å². The first-order chi connectivity index (χ1) is 9.70. The SMILES string of the molecule is CCN(c1cc(C(N)=O)c2ccccc2n1)C1CNC1. The highest BCUT2D eigenvalue weighted by Crippen LogP contribution is 2.24. The van der Waals surface area contributed by atoms with Crippen molar-refractivity contribution in [3.8, 4) is 0 Å². The summed E-state index contributed by atoms with van der Waals surface area (Å²) in [5.41, 5.74) is 6.86. The molecule has 0 spiro atoms. The molecule has 0 saturated carbocycles. The number of nitrogens with one attached hydrogen (secondary N) is 1. The molecule has 1 aliphatic heterocycles. The van der Waals surface area contributed by atoms with Crippen molar-refractivity contribution in [2.45, 2.75) is 13.0 Å². The summed E-state index contributed by atoms with van der Waals surface area (Å²) in [4.78, 5) is 18.6. The number of rotatable bonds is 4. The number of carbonyl (C=O) groups is 1. The topological polar surface area (TPSA) is 71.2 Å². The van der Waals surface area contributed by atoms with Crippen molar-refractivity contribution in [1.29, 1.82) is 0 Å².